The van der Waals surface area contributed by atoms with Gasteiger partial charge in [-0.05, 0) is 23.8 Å². The Hall–Kier alpha value is -3.23. The van der Waals surface area contributed by atoms with Crippen molar-refractivity contribution in [3.63, 3.8) is 0 Å². The van der Waals surface area contributed by atoms with Crippen LogP contribution >= 0.6 is 11.3 Å². The van der Waals surface area contributed by atoms with Crippen molar-refractivity contribution >= 4 is 21.6 Å². The van der Waals surface area contributed by atoms with Gasteiger partial charge in [0.1, 0.15) is 23.0 Å². The molecule has 2 aromatic carbocycles. The van der Waals surface area contributed by atoms with Crippen molar-refractivity contribution in [1.29, 1.82) is 5.26 Å². The molecule has 0 aliphatic heterocycles. The SMILES string of the molecule is N#Cc1ccccc1Oc1ncnc2sc(-c3ccccc3)cc12. The third kappa shape index (κ3) is 2.60. The molecule has 2 heterocycles. The minimum Gasteiger partial charge on any atom is -0.437 e. The van der Waals surface area contributed by atoms with Gasteiger partial charge in [-0.2, -0.15) is 5.26 Å². The van der Waals surface area contributed by atoms with E-state index in [9.17, 15) is 5.26 Å². The largest absolute Gasteiger partial charge is 0.437 e. The summed E-state index contributed by atoms with van der Waals surface area (Å²) in [5, 5.41) is 10.0. The van der Waals surface area contributed by atoms with Crippen LogP contribution in [0.4, 0.5) is 0 Å². The Balaban J connectivity index is 1.79. The molecule has 0 saturated heterocycles. The first-order valence-electron chi connectivity index (χ1n) is 7.32. The molecule has 0 spiro atoms. The van der Waals surface area contributed by atoms with E-state index < -0.39 is 0 Å². The third-order valence-electron chi connectivity index (χ3n) is 3.57. The summed E-state index contributed by atoms with van der Waals surface area (Å²) >= 11 is 1.59. The van der Waals surface area contributed by atoms with Crippen LogP contribution < -0.4 is 4.74 Å². The Bertz CT molecular complexity index is 1050. The number of nitriles is 1. The molecule has 0 fully saturated rings. The van der Waals surface area contributed by atoms with Crippen molar-refractivity contribution in [2.24, 2.45) is 0 Å². The fourth-order valence-electron chi connectivity index (χ4n) is 2.41. The fraction of sp³-hybridized carbons (Fsp3) is 0. The molecule has 5 heteroatoms. The molecule has 0 bridgehead atoms. The minimum atomic E-state index is 0.459. The number of para-hydroxylation sites is 1. The van der Waals surface area contributed by atoms with E-state index in [1.54, 1.807) is 29.5 Å². The van der Waals surface area contributed by atoms with Crippen LogP contribution in [0.3, 0.4) is 0 Å². The highest BCUT2D eigenvalue weighted by atomic mass is 32.1. The summed E-state index contributed by atoms with van der Waals surface area (Å²) in [6.45, 7) is 0. The molecule has 4 aromatic rings. The number of nitrogens with zero attached hydrogens (tertiary/aromatic N) is 3. The van der Waals surface area contributed by atoms with E-state index in [0.717, 1.165) is 20.7 Å². The molecule has 4 nitrogen and oxygen atoms in total. The molecule has 0 aliphatic rings. The first kappa shape index (κ1) is 14.4. The van der Waals surface area contributed by atoms with Gasteiger partial charge in [0.2, 0.25) is 5.88 Å². The van der Waals surface area contributed by atoms with Crippen molar-refractivity contribution in [3.8, 4) is 28.1 Å². The van der Waals surface area contributed by atoms with E-state index in [1.807, 2.05) is 30.3 Å². The van der Waals surface area contributed by atoms with Crippen molar-refractivity contribution in [3.05, 3.63) is 72.6 Å². The molecule has 24 heavy (non-hydrogen) atoms. The van der Waals surface area contributed by atoms with Crippen LogP contribution in [-0.2, 0) is 0 Å². The summed E-state index contributed by atoms with van der Waals surface area (Å²) in [7, 11) is 0. The molecule has 0 unspecified atom stereocenters. The van der Waals surface area contributed by atoms with Crippen molar-refractivity contribution < 1.29 is 4.74 Å². The van der Waals surface area contributed by atoms with Crippen LogP contribution in [0.2, 0.25) is 0 Å². The molecular weight excluding hydrogens is 318 g/mol. The first-order valence-corrected chi connectivity index (χ1v) is 8.14. The second-order valence-corrected chi connectivity index (χ2v) is 6.11. The Morgan fingerprint density at radius 3 is 2.58 bits per heavy atom. The molecule has 114 valence electrons. The number of thiophene rings is 1. The van der Waals surface area contributed by atoms with Crippen molar-refractivity contribution in [1.82, 2.24) is 9.97 Å². The predicted octanol–water partition coefficient (Wildman–Crippen LogP) is 5.02. The van der Waals surface area contributed by atoms with E-state index in [2.05, 4.69) is 28.2 Å². The number of benzene rings is 2. The van der Waals surface area contributed by atoms with Crippen LogP contribution in [0.15, 0.2) is 67.0 Å². The summed E-state index contributed by atoms with van der Waals surface area (Å²) in [6.07, 6.45) is 1.48. The fourth-order valence-corrected chi connectivity index (χ4v) is 3.41. The van der Waals surface area contributed by atoms with E-state index in [4.69, 9.17) is 4.74 Å². The van der Waals surface area contributed by atoms with Crippen LogP contribution in [0.25, 0.3) is 20.7 Å². The lowest BCUT2D eigenvalue weighted by atomic mass is 10.2. The Morgan fingerprint density at radius 1 is 0.958 bits per heavy atom. The zero-order valence-electron chi connectivity index (χ0n) is 12.5. The summed E-state index contributed by atoms with van der Waals surface area (Å²) < 4.78 is 5.90. The van der Waals surface area contributed by atoms with Gasteiger partial charge < -0.3 is 4.74 Å². The molecule has 0 radical (unpaired) electrons. The van der Waals surface area contributed by atoms with E-state index >= 15 is 0 Å². The summed E-state index contributed by atoms with van der Waals surface area (Å²) in [6, 6.07) is 21.4. The molecule has 0 N–H and O–H groups in total. The van der Waals surface area contributed by atoms with Gasteiger partial charge >= 0.3 is 0 Å². The topological polar surface area (TPSA) is 58.8 Å². The van der Waals surface area contributed by atoms with Crippen molar-refractivity contribution in [2.45, 2.75) is 0 Å². The number of hydrogen-bond donors (Lipinski definition) is 0. The molecule has 0 amide bonds. The lowest BCUT2D eigenvalue weighted by Gasteiger charge is -2.06. The highest BCUT2D eigenvalue weighted by Crippen LogP contribution is 2.37. The predicted molar refractivity (Wildman–Crippen MR) is 94.1 cm³/mol. The number of ether oxygens (including phenoxy) is 1. The highest BCUT2D eigenvalue weighted by Gasteiger charge is 2.13. The average molecular weight is 329 g/mol. The maximum atomic E-state index is 9.20. The molecular formula is C19H11N3OS. The molecule has 2 aromatic heterocycles. The summed E-state index contributed by atoms with van der Waals surface area (Å²) in [5.74, 6) is 0.952. The smallest absolute Gasteiger partial charge is 0.231 e. The Kier molecular flexibility index (Phi) is 3.66. The van der Waals surface area contributed by atoms with Gasteiger partial charge in [0.25, 0.3) is 0 Å². The van der Waals surface area contributed by atoms with Gasteiger partial charge in [0.05, 0.1) is 10.9 Å². The third-order valence-corrected chi connectivity index (χ3v) is 4.66. The van der Waals surface area contributed by atoms with E-state index in [1.165, 1.54) is 6.33 Å². The van der Waals surface area contributed by atoms with Gasteiger partial charge in [0.15, 0.2) is 0 Å². The highest BCUT2D eigenvalue weighted by molar-refractivity contribution is 7.21. The molecule has 4 rings (SSSR count). The van der Waals surface area contributed by atoms with Crippen LogP contribution in [-0.4, -0.2) is 9.97 Å². The van der Waals surface area contributed by atoms with Crippen LogP contribution in [0, 0.1) is 11.3 Å². The maximum Gasteiger partial charge on any atom is 0.231 e. The monoisotopic (exact) mass is 329 g/mol. The van der Waals surface area contributed by atoms with E-state index in [0.29, 0.717) is 17.2 Å². The number of hydrogen-bond acceptors (Lipinski definition) is 5. The minimum absolute atomic E-state index is 0.459. The Labute approximate surface area is 142 Å². The molecule has 0 aliphatic carbocycles. The quantitative estimate of drug-likeness (QED) is 0.529. The van der Waals surface area contributed by atoms with Crippen LogP contribution in [0.5, 0.6) is 11.6 Å². The van der Waals surface area contributed by atoms with Crippen LogP contribution in [0.1, 0.15) is 5.56 Å². The number of aromatic nitrogens is 2. The van der Waals surface area contributed by atoms with Gasteiger partial charge in [-0.15, -0.1) is 11.3 Å². The lowest BCUT2D eigenvalue weighted by Crippen LogP contribution is -1.91. The summed E-state index contributed by atoms with van der Waals surface area (Å²) in [5.41, 5.74) is 1.60. The standard InChI is InChI=1S/C19H11N3OS/c20-11-14-8-4-5-9-16(14)23-18-15-10-17(13-6-2-1-3-7-13)24-19(15)22-12-21-18/h1-10,12H. The van der Waals surface area contributed by atoms with Gasteiger partial charge in [-0.25, -0.2) is 9.97 Å². The zero-order valence-corrected chi connectivity index (χ0v) is 13.3. The molecule has 0 atom stereocenters. The second-order valence-electron chi connectivity index (χ2n) is 5.08. The van der Waals surface area contributed by atoms with Crippen molar-refractivity contribution in [2.75, 3.05) is 0 Å². The van der Waals surface area contributed by atoms with Gasteiger partial charge in [0, 0.05) is 4.88 Å². The second kappa shape index (κ2) is 6.11. The lowest BCUT2D eigenvalue weighted by molar-refractivity contribution is 0.467. The number of fused-ring (bicyclic) bond motifs is 1. The summed E-state index contributed by atoms with van der Waals surface area (Å²) in [4.78, 5) is 10.5. The Morgan fingerprint density at radius 2 is 1.75 bits per heavy atom. The first-order chi connectivity index (χ1) is 11.8. The van der Waals surface area contributed by atoms with Gasteiger partial charge in [-0.3, -0.25) is 0 Å². The normalized spacial score (nSPS) is 10.5. The zero-order chi connectivity index (χ0) is 16.4. The van der Waals surface area contributed by atoms with E-state index in [-0.39, 0.29) is 0 Å². The molecule has 0 saturated carbocycles. The van der Waals surface area contributed by atoms with Gasteiger partial charge in [-0.1, -0.05) is 42.5 Å². The number of rotatable bonds is 3. The maximum absolute atomic E-state index is 9.20. The average Bonchev–Trinajstić information content (AvgIpc) is 3.08.